The van der Waals surface area contributed by atoms with E-state index >= 15 is 0 Å². The standard InChI is InChI=1S/C21H23N3O5.C19H22FN3O3.C17H18ClN3O4.C16H18ClN3O.C16H14N2O4/c1-28-20(26)17-8-4-5-9-18(17)22-21(27)24-23-19(25)14-10-12-16(13-11-14)29-15-6-2-3-7-15;1-3-4-11-26-15-8-6-14(7-9-15)18(24)22-23-19(25)21-17-10-5-13(2)12-16(17)20;1-10-4-5-11(8-14(10)18)19-17(23)21-20-16(22)13-7-6-12(24-2)9-15(13)25-3;1-2-12-6-8-13(9-7-12)16(21)20-19-11-18-15-5-3-4-14(17)10-15;19-15(10-12-4-2-1-3-5-12)11-17-16(20)13-6-8-14(9-7-13)18(21)22/h4-5,8-13,15H,2-3,6-7H2,1H3,(H,23,25)(H2,22,24,27);5-10,12H,3-4,11H2,1-2H3,(H,22,24)(H2,21,23,25);4-9H,1-3H3,(H,20,22)(H2,19,21,23);3-10,18-19H,2,11H2,1H3,(H,20,21);1-9H,10-11H2,(H,17,20). The summed E-state index contributed by atoms with van der Waals surface area (Å²) >= 11 is 11.9. The summed E-state index contributed by atoms with van der Waals surface area (Å²) in [5, 5.41) is 24.7. The van der Waals surface area contributed by atoms with Gasteiger partial charge in [0, 0.05) is 68.3 Å². The fourth-order valence-electron chi connectivity index (χ4n) is 10.9. The summed E-state index contributed by atoms with van der Waals surface area (Å²) in [4.78, 5) is 129. The third-order valence-corrected chi connectivity index (χ3v) is 18.2. The third kappa shape index (κ3) is 33.6. The molecule has 1 fully saturated rings. The van der Waals surface area contributed by atoms with E-state index in [1.165, 1.54) is 88.3 Å². The van der Waals surface area contributed by atoms with Crippen LogP contribution in [-0.2, 0) is 22.4 Å². The van der Waals surface area contributed by atoms with E-state index in [9.17, 15) is 62.5 Å². The second-order valence-electron chi connectivity index (χ2n) is 26.7. The zero-order chi connectivity index (χ0) is 89.0. The highest BCUT2D eigenvalue weighted by Gasteiger charge is 2.20. The molecule has 1 aliphatic carbocycles. The Balaban J connectivity index is 0.000000212. The first kappa shape index (κ1) is 95.5. The van der Waals surface area contributed by atoms with E-state index < -0.39 is 58.4 Å². The van der Waals surface area contributed by atoms with Gasteiger partial charge >= 0.3 is 24.1 Å². The van der Waals surface area contributed by atoms with Crippen molar-refractivity contribution in [3.63, 3.8) is 0 Å². The van der Waals surface area contributed by atoms with Gasteiger partial charge in [-0.1, -0.05) is 116 Å². The van der Waals surface area contributed by atoms with E-state index in [2.05, 4.69) is 88.6 Å². The lowest BCUT2D eigenvalue weighted by atomic mass is 10.1. The molecule has 10 aromatic carbocycles. The van der Waals surface area contributed by atoms with Crippen LogP contribution in [0.1, 0.15) is 137 Å². The molecule has 0 atom stereocenters. The molecule has 123 heavy (non-hydrogen) atoms. The highest BCUT2D eigenvalue weighted by Crippen LogP contribution is 2.27. The number of anilines is 4. The molecule has 0 aromatic heterocycles. The minimum atomic E-state index is -0.749. The van der Waals surface area contributed by atoms with Crippen LogP contribution in [0.2, 0.25) is 10.0 Å². The van der Waals surface area contributed by atoms with E-state index in [-0.39, 0.29) is 64.5 Å². The molecule has 0 unspecified atom stereocenters. The van der Waals surface area contributed by atoms with Gasteiger partial charge in [0.25, 0.3) is 35.2 Å². The van der Waals surface area contributed by atoms with Crippen molar-refractivity contribution in [2.45, 2.75) is 85.2 Å². The number of para-hydroxylation sites is 1. The second kappa shape index (κ2) is 51.0. The number of Topliss-reactive ketones (excluding diaryl/α,β-unsaturated/α-hetero) is 1. The van der Waals surface area contributed by atoms with Crippen molar-refractivity contribution in [2.75, 3.05) is 62.4 Å². The van der Waals surface area contributed by atoms with Gasteiger partial charge in [-0.2, -0.15) is 0 Å². The molecule has 0 bridgehead atoms. The Morgan fingerprint density at radius 3 is 1.66 bits per heavy atom. The lowest BCUT2D eigenvalue weighted by Crippen LogP contribution is -2.44. The Hall–Kier alpha value is -14.6. The normalized spacial score (nSPS) is 10.8. The molecule has 11 rings (SSSR count). The number of carbonyl (C=O) groups excluding carboxylic acids is 10. The maximum absolute atomic E-state index is 13.7. The van der Waals surface area contributed by atoms with Crippen LogP contribution in [0, 0.1) is 29.8 Å². The number of urea groups is 3. The number of nitrogens with zero attached hydrogens (tertiary/aromatic N) is 1. The number of ether oxygens (including phenoxy) is 5. The minimum absolute atomic E-state index is 0.0240. The Kier molecular flexibility index (Phi) is 39.6. The maximum Gasteiger partial charge on any atom is 0.339 e. The fourth-order valence-corrected chi connectivity index (χ4v) is 11.3. The number of hydrogen-bond acceptors (Lipinski definition) is 19. The van der Waals surface area contributed by atoms with Crippen molar-refractivity contribution >= 4 is 111 Å². The predicted molar refractivity (Wildman–Crippen MR) is 467 cm³/mol. The van der Waals surface area contributed by atoms with Gasteiger partial charge in [-0.15, -0.1) is 0 Å². The molecule has 0 radical (unpaired) electrons. The van der Waals surface area contributed by atoms with Crippen LogP contribution in [-0.4, -0.2) is 112 Å². The molecule has 0 spiro atoms. The molecule has 11 amide bonds. The van der Waals surface area contributed by atoms with Gasteiger partial charge in [0.2, 0.25) is 0 Å². The third-order valence-electron chi connectivity index (χ3n) is 17.6. The van der Waals surface area contributed by atoms with Crippen LogP contribution >= 0.6 is 23.2 Å². The Morgan fingerprint density at radius 2 is 1.07 bits per heavy atom. The molecule has 0 heterocycles. The number of hydrogen-bond donors (Lipinski definition) is 13. The average Bonchev–Trinajstić information content (AvgIpc) is 1.31. The summed E-state index contributed by atoms with van der Waals surface area (Å²) in [5.74, 6) is -1.07. The molecule has 13 N–H and O–H groups in total. The molecule has 1 aliphatic rings. The summed E-state index contributed by atoms with van der Waals surface area (Å²) in [6, 6.07) is 61.3. The highest BCUT2D eigenvalue weighted by atomic mass is 35.5. The van der Waals surface area contributed by atoms with Crippen molar-refractivity contribution in [1.29, 1.82) is 0 Å². The summed E-state index contributed by atoms with van der Waals surface area (Å²) < 4.78 is 40.0. The van der Waals surface area contributed by atoms with E-state index in [0.717, 1.165) is 60.2 Å². The van der Waals surface area contributed by atoms with Crippen LogP contribution in [0.4, 0.5) is 47.2 Å². The number of nitrogens with one attached hydrogen (secondary N) is 13. The molecule has 0 aliphatic heterocycles. The molecule has 644 valence electrons. The largest absolute Gasteiger partial charge is 0.497 e. The number of ketones is 1. The number of amides is 11. The number of unbranched alkanes of at least 4 members (excludes halogenated alkanes) is 1. The zero-order valence-electron chi connectivity index (χ0n) is 68.3. The monoisotopic (exact) mass is 1720 g/mol. The van der Waals surface area contributed by atoms with Crippen LogP contribution in [0.25, 0.3) is 0 Å². The van der Waals surface area contributed by atoms with Crippen molar-refractivity contribution < 1.29 is 80.9 Å². The van der Waals surface area contributed by atoms with Gasteiger partial charge in [-0.3, -0.25) is 60.6 Å². The Morgan fingerprint density at radius 1 is 0.504 bits per heavy atom. The summed E-state index contributed by atoms with van der Waals surface area (Å²) in [6.07, 6.45) is 7.94. The van der Waals surface area contributed by atoms with Gasteiger partial charge in [0.15, 0.2) is 5.78 Å². The summed E-state index contributed by atoms with van der Waals surface area (Å²) in [5.41, 5.74) is 26.4. The van der Waals surface area contributed by atoms with E-state index in [1.54, 1.807) is 110 Å². The number of nitro groups is 1. The molecule has 1 saturated carbocycles. The van der Waals surface area contributed by atoms with Crippen molar-refractivity contribution in [3.05, 3.63) is 312 Å². The van der Waals surface area contributed by atoms with Gasteiger partial charge < -0.3 is 50.3 Å². The lowest BCUT2D eigenvalue weighted by Gasteiger charge is -2.13. The average molecular weight is 1720 g/mol. The number of hydrazine groups is 4. The number of aryl methyl sites for hydroxylation is 3. The second-order valence-corrected chi connectivity index (χ2v) is 27.5. The molecular weight excluding hydrogens is 1630 g/mol. The first-order valence-corrected chi connectivity index (χ1v) is 39.2. The number of esters is 1. The molecule has 34 heteroatoms. The topological polar surface area (TPSA) is 416 Å². The number of rotatable bonds is 27. The quantitative estimate of drug-likeness (QED) is 0.00747. The van der Waals surface area contributed by atoms with E-state index in [4.69, 9.17) is 42.1 Å². The van der Waals surface area contributed by atoms with E-state index in [1.807, 2.05) is 85.8 Å². The van der Waals surface area contributed by atoms with Gasteiger partial charge in [0.05, 0.1) is 74.7 Å². The van der Waals surface area contributed by atoms with Gasteiger partial charge in [-0.25, -0.2) is 45.3 Å². The summed E-state index contributed by atoms with van der Waals surface area (Å²) in [7, 11) is 4.20. The highest BCUT2D eigenvalue weighted by molar-refractivity contribution is 6.31. The van der Waals surface area contributed by atoms with E-state index in [0.29, 0.717) is 62.9 Å². The molecule has 10 aromatic rings. The lowest BCUT2D eigenvalue weighted by molar-refractivity contribution is -0.384. The van der Waals surface area contributed by atoms with Crippen LogP contribution in [0.15, 0.2) is 231 Å². The first-order chi connectivity index (χ1) is 59.2. The minimum Gasteiger partial charge on any atom is -0.497 e. The number of benzene rings is 10. The number of nitro benzene ring substituents is 1. The number of non-ortho nitro benzene ring substituents is 1. The predicted octanol–water partition coefficient (Wildman–Crippen LogP) is 15.5. The SMILES string of the molecule is CCCCOc1ccc(C(=O)NNC(=O)Nc2ccc(C)cc2F)cc1.CCc1ccc(C(=O)NNCNc2cccc(Cl)c2)cc1.COC(=O)c1ccccc1NC(=O)NNC(=O)c1ccc(OC2CCCC2)cc1.COc1ccc(C(=O)NNC(=O)Nc2ccc(C)c(Cl)c2)c(OC)c1.O=C(CNC(=O)c1ccc([N+](=O)[O-])cc1)Cc1ccccc1. The van der Waals surface area contributed by atoms with Crippen molar-refractivity contribution in [1.82, 2.24) is 48.7 Å². The Labute approximate surface area is 719 Å². The fraction of sp³-hybridized carbons (Fsp3) is 0.213. The first-order valence-electron chi connectivity index (χ1n) is 38.5. The van der Waals surface area contributed by atoms with Crippen LogP contribution < -0.4 is 88.9 Å². The maximum atomic E-state index is 13.7. The Bertz CT molecular complexity index is 5210. The van der Waals surface area contributed by atoms with Crippen molar-refractivity contribution in [2.24, 2.45) is 0 Å². The molecule has 0 saturated heterocycles. The van der Waals surface area contributed by atoms with Crippen molar-refractivity contribution in [3.8, 4) is 23.0 Å². The number of halogens is 3. The van der Waals surface area contributed by atoms with Gasteiger partial charge in [0.1, 0.15) is 28.8 Å². The number of carbonyl (C=O) groups is 10. The van der Waals surface area contributed by atoms with Crippen LogP contribution in [0.5, 0.6) is 23.0 Å². The molecular formula is C89H95Cl2FN14O17. The van der Waals surface area contributed by atoms with Gasteiger partial charge in [-0.05, 0) is 214 Å². The molecule has 31 nitrogen and oxygen atoms in total. The number of methoxy groups -OCH3 is 3. The zero-order valence-corrected chi connectivity index (χ0v) is 69.8. The smallest absolute Gasteiger partial charge is 0.339 e. The van der Waals surface area contributed by atoms with Crippen LogP contribution in [0.3, 0.4) is 0 Å². The summed E-state index contributed by atoms with van der Waals surface area (Å²) in [6.45, 7) is 8.70.